The first-order valence-corrected chi connectivity index (χ1v) is 11.0. The Morgan fingerprint density at radius 1 is 1.12 bits per heavy atom. The number of rotatable bonds is 0. The van der Waals surface area contributed by atoms with Crippen molar-refractivity contribution in [1.82, 2.24) is 0 Å². The quantitative estimate of drug-likeness (QED) is 0.612. The smallest absolute Gasteiger partial charge is 0.0738 e. The van der Waals surface area contributed by atoms with Crippen molar-refractivity contribution in [2.24, 2.45) is 29.1 Å². The van der Waals surface area contributed by atoms with Gasteiger partial charge in [-0.25, -0.2) is 0 Å². The molecule has 7 unspecified atom stereocenters. The lowest BCUT2D eigenvalue weighted by Crippen LogP contribution is -2.65. The molecule has 3 fully saturated rings. The molecule has 3 nitrogen and oxygen atoms in total. The van der Waals surface area contributed by atoms with Crippen molar-refractivity contribution < 1.29 is 14.9 Å². The van der Waals surface area contributed by atoms with Crippen LogP contribution in [-0.4, -0.2) is 34.6 Å². The highest BCUT2D eigenvalue weighted by Crippen LogP contribution is 2.60. The lowest BCUT2D eigenvalue weighted by Gasteiger charge is -2.62. The topological polar surface area (TPSA) is 49.7 Å². The highest BCUT2D eigenvalue weighted by Gasteiger charge is 2.61. The van der Waals surface area contributed by atoms with Crippen molar-refractivity contribution in [3.05, 3.63) is 11.1 Å². The summed E-state index contributed by atoms with van der Waals surface area (Å²) in [6, 6.07) is 0. The second kappa shape index (κ2) is 7.22. The van der Waals surface area contributed by atoms with Gasteiger partial charge in [-0.1, -0.05) is 45.8 Å². The molecule has 0 amide bonds. The molecule has 1 saturated heterocycles. The fraction of sp³-hybridized carbons (Fsp3) is 0.913. The van der Waals surface area contributed by atoms with E-state index in [1.807, 2.05) is 13.8 Å². The lowest BCUT2D eigenvalue weighted by molar-refractivity contribution is -0.255. The normalized spacial score (nSPS) is 50.8. The number of hydrogen-bond donors (Lipinski definition) is 2. The largest absolute Gasteiger partial charge is 0.392 e. The molecule has 1 aliphatic heterocycles. The zero-order valence-corrected chi connectivity index (χ0v) is 17.7. The predicted molar refractivity (Wildman–Crippen MR) is 106 cm³/mol. The molecule has 4 rings (SSSR count). The number of ether oxygens (including phenoxy) is 1. The third-order valence-corrected chi connectivity index (χ3v) is 8.63. The molecular formula is C23H40O3. The first kappa shape index (κ1) is 20.4. The van der Waals surface area contributed by atoms with Crippen molar-refractivity contribution in [3.63, 3.8) is 0 Å². The molecule has 0 aromatic rings. The standard InChI is InChI=1S/C21H34O3.C2H6/c1-12-6-5-8-21(23)13(2)15(12)7-9-20(4)18(22)10-17-16(11-24-17)19(20)14(21)3;1-2/h13-14,16-19,22-23H,5-11H2,1-4H3;1-2H3/t13?,14-,16?,17?,18?,19?,20?,21?;/m0./s1. The van der Waals surface area contributed by atoms with E-state index in [2.05, 4.69) is 27.7 Å². The van der Waals surface area contributed by atoms with Crippen LogP contribution >= 0.6 is 0 Å². The molecule has 0 aromatic heterocycles. The van der Waals surface area contributed by atoms with Gasteiger partial charge in [0.05, 0.1) is 24.4 Å². The van der Waals surface area contributed by atoms with Crippen LogP contribution in [0.5, 0.6) is 0 Å². The summed E-state index contributed by atoms with van der Waals surface area (Å²) < 4.78 is 5.77. The van der Waals surface area contributed by atoms with Crippen molar-refractivity contribution >= 4 is 0 Å². The van der Waals surface area contributed by atoms with Gasteiger partial charge >= 0.3 is 0 Å². The molecule has 3 heteroatoms. The Balaban J connectivity index is 0.000000948. The van der Waals surface area contributed by atoms with E-state index in [-0.39, 0.29) is 29.5 Å². The number of allylic oxidation sites excluding steroid dienone is 1. The SMILES string of the molecule is CC.CC1=C2CCC3(C)C(O)CC4OCC4C3[C@H](C)C(O)(CCC1)C2C. The predicted octanol–water partition coefficient (Wildman–Crippen LogP) is 4.71. The van der Waals surface area contributed by atoms with Crippen LogP contribution in [0.4, 0.5) is 0 Å². The third-order valence-electron chi connectivity index (χ3n) is 8.63. The molecular weight excluding hydrogens is 324 g/mol. The molecule has 8 atom stereocenters. The van der Waals surface area contributed by atoms with E-state index < -0.39 is 5.60 Å². The minimum Gasteiger partial charge on any atom is -0.392 e. The average molecular weight is 365 g/mol. The van der Waals surface area contributed by atoms with Crippen molar-refractivity contribution in [1.29, 1.82) is 0 Å². The Bertz CT molecular complexity index is 556. The molecule has 0 radical (unpaired) electrons. The lowest BCUT2D eigenvalue weighted by atomic mass is 9.48. The van der Waals surface area contributed by atoms with Crippen LogP contribution in [0, 0.1) is 29.1 Å². The van der Waals surface area contributed by atoms with Gasteiger partial charge < -0.3 is 14.9 Å². The third kappa shape index (κ3) is 2.81. The van der Waals surface area contributed by atoms with Crippen LogP contribution in [0.25, 0.3) is 0 Å². The van der Waals surface area contributed by atoms with Crippen LogP contribution in [-0.2, 0) is 4.74 Å². The Labute approximate surface area is 160 Å². The summed E-state index contributed by atoms with van der Waals surface area (Å²) >= 11 is 0. The van der Waals surface area contributed by atoms with Gasteiger partial charge in [0.1, 0.15) is 0 Å². The highest BCUT2D eigenvalue weighted by atomic mass is 16.5. The fourth-order valence-corrected chi connectivity index (χ4v) is 6.85. The van der Waals surface area contributed by atoms with Gasteiger partial charge in [0.2, 0.25) is 0 Å². The van der Waals surface area contributed by atoms with Crippen molar-refractivity contribution in [2.45, 2.75) is 97.9 Å². The van der Waals surface area contributed by atoms with Crippen LogP contribution in [0.2, 0.25) is 0 Å². The molecule has 3 aliphatic carbocycles. The Hall–Kier alpha value is -0.380. The molecule has 150 valence electrons. The zero-order chi connectivity index (χ0) is 19.3. The summed E-state index contributed by atoms with van der Waals surface area (Å²) in [5, 5.41) is 22.8. The van der Waals surface area contributed by atoms with E-state index in [1.165, 1.54) is 11.1 Å². The monoisotopic (exact) mass is 364 g/mol. The Kier molecular flexibility index (Phi) is 5.65. The van der Waals surface area contributed by atoms with Crippen molar-refractivity contribution in [2.75, 3.05) is 6.61 Å². The maximum Gasteiger partial charge on any atom is 0.0738 e. The summed E-state index contributed by atoms with van der Waals surface area (Å²) in [5.74, 6) is 1.30. The van der Waals surface area contributed by atoms with Gasteiger partial charge in [-0.15, -0.1) is 0 Å². The molecule has 0 aromatic carbocycles. The maximum atomic E-state index is 11.9. The first-order chi connectivity index (χ1) is 12.3. The second-order valence-electron chi connectivity index (χ2n) is 9.48. The fourth-order valence-electron chi connectivity index (χ4n) is 6.85. The molecule has 2 saturated carbocycles. The average Bonchev–Trinajstić information content (AvgIpc) is 2.72. The van der Waals surface area contributed by atoms with E-state index in [0.29, 0.717) is 11.8 Å². The van der Waals surface area contributed by atoms with Gasteiger partial charge in [0.25, 0.3) is 0 Å². The van der Waals surface area contributed by atoms with Gasteiger partial charge in [0, 0.05) is 18.3 Å². The van der Waals surface area contributed by atoms with Gasteiger partial charge in [-0.2, -0.15) is 0 Å². The summed E-state index contributed by atoms with van der Waals surface area (Å²) in [5.41, 5.74) is 2.22. The maximum absolute atomic E-state index is 11.9. The Morgan fingerprint density at radius 3 is 2.42 bits per heavy atom. The van der Waals surface area contributed by atoms with Crippen LogP contribution in [0.1, 0.15) is 80.1 Å². The van der Waals surface area contributed by atoms with E-state index in [9.17, 15) is 10.2 Å². The van der Waals surface area contributed by atoms with E-state index in [0.717, 1.165) is 45.1 Å². The van der Waals surface area contributed by atoms with Gasteiger partial charge in [-0.05, 0) is 56.3 Å². The highest BCUT2D eigenvalue weighted by molar-refractivity contribution is 5.24. The molecule has 2 bridgehead atoms. The van der Waals surface area contributed by atoms with Crippen LogP contribution in [0.3, 0.4) is 0 Å². The summed E-state index contributed by atoms with van der Waals surface area (Å²) in [6.07, 6.45) is 5.83. The van der Waals surface area contributed by atoms with E-state index in [4.69, 9.17) is 4.74 Å². The summed E-state index contributed by atoms with van der Waals surface area (Å²) in [4.78, 5) is 0. The molecule has 1 heterocycles. The summed E-state index contributed by atoms with van der Waals surface area (Å²) in [6.45, 7) is 13.9. The minimum atomic E-state index is -0.642. The first-order valence-electron chi connectivity index (χ1n) is 11.0. The minimum absolute atomic E-state index is 0.103. The van der Waals surface area contributed by atoms with Crippen LogP contribution in [0.15, 0.2) is 11.1 Å². The van der Waals surface area contributed by atoms with Gasteiger partial charge in [-0.3, -0.25) is 0 Å². The molecule has 26 heavy (non-hydrogen) atoms. The molecule has 0 spiro atoms. The van der Waals surface area contributed by atoms with Crippen LogP contribution < -0.4 is 0 Å². The van der Waals surface area contributed by atoms with E-state index >= 15 is 0 Å². The second-order valence-corrected chi connectivity index (χ2v) is 9.48. The van der Waals surface area contributed by atoms with Crippen molar-refractivity contribution in [3.8, 4) is 0 Å². The number of aliphatic hydroxyl groups excluding tert-OH is 1. The zero-order valence-electron chi connectivity index (χ0n) is 17.7. The molecule has 4 aliphatic rings. The molecule has 2 N–H and O–H groups in total. The number of fused-ring (bicyclic) bond motifs is 5. The number of aliphatic hydroxyl groups is 2. The summed E-state index contributed by atoms with van der Waals surface area (Å²) in [7, 11) is 0. The Morgan fingerprint density at radius 2 is 1.81 bits per heavy atom. The van der Waals surface area contributed by atoms with Gasteiger partial charge in [0.15, 0.2) is 0 Å². The van der Waals surface area contributed by atoms with E-state index in [1.54, 1.807) is 0 Å². The number of hydrogen-bond acceptors (Lipinski definition) is 3.